The van der Waals surface area contributed by atoms with Crippen molar-refractivity contribution >= 4 is 17.3 Å². The van der Waals surface area contributed by atoms with Crippen LogP contribution in [0.5, 0.6) is 0 Å². The highest BCUT2D eigenvalue weighted by Crippen LogP contribution is 2.30. The van der Waals surface area contributed by atoms with Crippen LogP contribution in [0.1, 0.15) is 17.2 Å². The van der Waals surface area contributed by atoms with Gasteiger partial charge in [-0.15, -0.1) is 0 Å². The third kappa shape index (κ3) is 2.35. The van der Waals surface area contributed by atoms with Gasteiger partial charge >= 0.3 is 0 Å². The first kappa shape index (κ1) is 12.2. The summed E-state index contributed by atoms with van der Waals surface area (Å²) in [6.07, 6.45) is -1.25. The van der Waals surface area contributed by atoms with E-state index in [-0.39, 0.29) is 0 Å². The number of hydrogen-bond acceptors (Lipinski definition) is 3. The molecule has 0 saturated carbocycles. The van der Waals surface area contributed by atoms with Crippen molar-refractivity contribution in [3.8, 4) is 0 Å². The highest BCUT2D eigenvalue weighted by Gasteiger charge is 2.34. The SMILES string of the molecule is OC1C(c2ccccc2)=NOC1c1ccc(Cl)cc1. The first-order valence-electron chi connectivity index (χ1n) is 5.98. The molecule has 1 aliphatic rings. The average Bonchev–Trinajstić information content (AvgIpc) is 2.83. The second kappa shape index (κ2) is 5.03. The Hall–Kier alpha value is -1.84. The lowest BCUT2D eigenvalue weighted by Gasteiger charge is -2.14. The summed E-state index contributed by atoms with van der Waals surface area (Å²) in [5, 5.41) is 15.0. The van der Waals surface area contributed by atoms with Crippen molar-refractivity contribution in [1.29, 1.82) is 0 Å². The van der Waals surface area contributed by atoms with Gasteiger partial charge in [0.25, 0.3) is 0 Å². The van der Waals surface area contributed by atoms with Gasteiger partial charge in [0.2, 0.25) is 0 Å². The lowest BCUT2D eigenvalue weighted by Crippen LogP contribution is -2.23. The van der Waals surface area contributed by atoms with E-state index < -0.39 is 12.2 Å². The summed E-state index contributed by atoms with van der Waals surface area (Å²) in [6.45, 7) is 0. The molecule has 1 heterocycles. The van der Waals surface area contributed by atoms with Crippen molar-refractivity contribution < 1.29 is 9.94 Å². The standard InChI is InChI=1S/C15H12ClNO2/c16-12-8-6-11(7-9-12)15-14(18)13(17-19-15)10-4-2-1-3-5-10/h1-9,14-15,18H. The molecule has 0 bridgehead atoms. The zero-order valence-corrected chi connectivity index (χ0v) is 10.8. The average molecular weight is 274 g/mol. The van der Waals surface area contributed by atoms with Crippen LogP contribution in [0.2, 0.25) is 5.02 Å². The fraction of sp³-hybridized carbons (Fsp3) is 0.133. The molecule has 0 saturated heterocycles. The van der Waals surface area contributed by atoms with E-state index in [1.54, 1.807) is 12.1 Å². The molecule has 3 rings (SSSR count). The number of aliphatic hydroxyl groups is 1. The lowest BCUT2D eigenvalue weighted by molar-refractivity contribution is 0.0206. The molecular weight excluding hydrogens is 262 g/mol. The molecule has 1 aliphatic heterocycles. The number of aliphatic hydroxyl groups excluding tert-OH is 1. The maximum atomic E-state index is 10.3. The van der Waals surface area contributed by atoms with Crippen LogP contribution in [-0.2, 0) is 4.84 Å². The van der Waals surface area contributed by atoms with Gasteiger partial charge in [0.05, 0.1) is 0 Å². The summed E-state index contributed by atoms with van der Waals surface area (Å²) in [7, 11) is 0. The van der Waals surface area contributed by atoms with Crippen LogP contribution in [0, 0.1) is 0 Å². The Morgan fingerprint density at radius 2 is 1.68 bits per heavy atom. The van der Waals surface area contributed by atoms with E-state index in [1.807, 2.05) is 42.5 Å². The maximum absolute atomic E-state index is 10.3. The van der Waals surface area contributed by atoms with Crippen molar-refractivity contribution in [3.63, 3.8) is 0 Å². The Kier molecular flexibility index (Phi) is 3.23. The smallest absolute Gasteiger partial charge is 0.184 e. The normalized spacial score (nSPS) is 21.9. The van der Waals surface area contributed by atoms with E-state index in [1.165, 1.54) is 0 Å². The summed E-state index contributed by atoms with van der Waals surface area (Å²) in [5.41, 5.74) is 2.28. The summed E-state index contributed by atoms with van der Waals surface area (Å²) in [6, 6.07) is 16.7. The van der Waals surface area contributed by atoms with Crippen LogP contribution in [0.4, 0.5) is 0 Å². The molecule has 19 heavy (non-hydrogen) atoms. The fourth-order valence-electron chi connectivity index (χ4n) is 2.10. The van der Waals surface area contributed by atoms with Crippen LogP contribution in [0.3, 0.4) is 0 Å². The quantitative estimate of drug-likeness (QED) is 0.913. The fourth-order valence-corrected chi connectivity index (χ4v) is 2.22. The van der Waals surface area contributed by atoms with Crippen LogP contribution >= 0.6 is 11.6 Å². The minimum atomic E-state index is -0.774. The molecule has 0 aliphatic carbocycles. The van der Waals surface area contributed by atoms with Gasteiger partial charge in [0.15, 0.2) is 6.10 Å². The van der Waals surface area contributed by atoms with Crippen LogP contribution in [0.15, 0.2) is 59.8 Å². The lowest BCUT2D eigenvalue weighted by atomic mass is 9.97. The summed E-state index contributed by atoms with van der Waals surface area (Å²) in [5.74, 6) is 0. The van der Waals surface area contributed by atoms with E-state index >= 15 is 0 Å². The van der Waals surface area contributed by atoms with Crippen LogP contribution in [0.25, 0.3) is 0 Å². The summed E-state index contributed by atoms with van der Waals surface area (Å²) >= 11 is 5.85. The summed E-state index contributed by atoms with van der Waals surface area (Å²) in [4.78, 5) is 5.35. The molecule has 0 amide bonds. The number of hydrogen-bond donors (Lipinski definition) is 1. The minimum absolute atomic E-state index is 0.479. The van der Waals surface area contributed by atoms with E-state index in [4.69, 9.17) is 16.4 Å². The molecule has 0 aromatic heterocycles. The largest absolute Gasteiger partial charge is 0.384 e. The van der Waals surface area contributed by atoms with Crippen LogP contribution in [-0.4, -0.2) is 16.9 Å². The first-order chi connectivity index (χ1) is 9.25. The van der Waals surface area contributed by atoms with Crippen molar-refractivity contribution in [2.75, 3.05) is 0 Å². The van der Waals surface area contributed by atoms with E-state index in [9.17, 15) is 5.11 Å². The van der Waals surface area contributed by atoms with Gasteiger partial charge in [-0.3, -0.25) is 0 Å². The molecule has 3 nitrogen and oxygen atoms in total. The van der Waals surface area contributed by atoms with Gasteiger partial charge in [-0.2, -0.15) is 0 Å². The van der Waals surface area contributed by atoms with E-state index in [0.717, 1.165) is 11.1 Å². The molecule has 96 valence electrons. The summed E-state index contributed by atoms with van der Waals surface area (Å²) < 4.78 is 0. The molecular formula is C15H12ClNO2. The molecule has 2 unspecified atom stereocenters. The third-order valence-corrected chi connectivity index (χ3v) is 3.35. The second-order valence-corrected chi connectivity index (χ2v) is 4.80. The van der Waals surface area contributed by atoms with Gasteiger partial charge in [-0.05, 0) is 17.7 Å². The van der Waals surface area contributed by atoms with E-state index in [0.29, 0.717) is 10.7 Å². The topological polar surface area (TPSA) is 41.8 Å². The Morgan fingerprint density at radius 3 is 2.37 bits per heavy atom. The Morgan fingerprint density at radius 1 is 1.00 bits per heavy atom. The Bertz CT molecular complexity index is 595. The molecule has 4 heteroatoms. The third-order valence-electron chi connectivity index (χ3n) is 3.10. The van der Waals surface area contributed by atoms with Crippen molar-refractivity contribution in [1.82, 2.24) is 0 Å². The zero-order chi connectivity index (χ0) is 13.2. The van der Waals surface area contributed by atoms with Crippen molar-refractivity contribution in [3.05, 3.63) is 70.7 Å². The predicted octanol–water partition coefficient (Wildman–Crippen LogP) is 3.18. The van der Waals surface area contributed by atoms with Crippen molar-refractivity contribution in [2.24, 2.45) is 5.16 Å². The molecule has 2 atom stereocenters. The first-order valence-corrected chi connectivity index (χ1v) is 6.36. The van der Waals surface area contributed by atoms with Gasteiger partial charge in [-0.1, -0.05) is 59.2 Å². The monoisotopic (exact) mass is 273 g/mol. The number of oxime groups is 1. The molecule has 2 aromatic rings. The van der Waals surface area contributed by atoms with Crippen molar-refractivity contribution in [2.45, 2.75) is 12.2 Å². The number of benzene rings is 2. The van der Waals surface area contributed by atoms with Gasteiger partial charge < -0.3 is 9.94 Å². The second-order valence-electron chi connectivity index (χ2n) is 4.36. The molecule has 1 N–H and O–H groups in total. The molecule has 0 radical (unpaired) electrons. The molecule has 0 fully saturated rings. The Balaban J connectivity index is 1.85. The van der Waals surface area contributed by atoms with Gasteiger partial charge in [0, 0.05) is 10.6 Å². The van der Waals surface area contributed by atoms with Gasteiger partial charge in [0.1, 0.15) is 11.8 Å². The minimum Gasteiger partial charge on any atom is -0.384 e. The zero-order valence-electron chi connectivity index (χ0n) is 10.0. The number of nitrogens with zero attached hydrogens (tertiary/aromatic N) is 1. The maximum Gasteiger partial charge on any atom is 0.184 e. The highest BCUT2D eigenvalue weighted by atomic mass is 35.5. The predicted molar refractivity (Wildman–Crippen MR) is 74.3 cm³/mol. The molecule has 0 spiro atoms. The van der Waals surface area contributed by atoms with Crippen LogP contribution < -0.4 is 0 Å². The van der Waals surface area contributed by atoms with E-state index in [2.05, 4.69) is 5.16 Å². The number of rotatable bonds is 2. The highest BCUT2D eigenvalue weighted by molar-refractivity contribution is 6.30. The molecule has 2 aromatic carbocycles. The van der Waals surface area contributed by atoms with Gasteiger partial charge in [-0.25, -0.2) is 0 Å². The number of halogens is 1. The Labute approximate surface area is 116 Å².